The lowest BCUT2D eigenvalue weighted by molar-refractivity contribution is -0.148. The van der Waals surface area contributed by atoms with Crippen molar-refractivity contribution < 1.29 is 106 Å². The number of benzene rings is 3. The summed E-state index contributed by atoms with van der Waals surface area (Å²) in [6.07, 6.45) is -0.213. The molecule has 4 aromatic rings. The molecule has 18 amide bonds. The number of aliphatic hydroxyl groups excluding tert-OH is 1. The molecule has 720 valence electrons. The number of aromatic hydroxyl groups is 1. The maximum atomic E-state index is 14.8. The van der Waals surface area contributed by atoms with Gasteiger partial charge in [0.05, 0.1) is 51.1 Å². The molecule has 0 unspecified atom stereocenters. The Balaban J connectivity index is 1.09. The minimum atomic E-state index is -1.85. The van der Waals surface area contributed by atoms with E-state index in [0.29, 0.717) is 28.8 Å². The van der Waals surface area contributed by atoms with Crippen LogP contribution in [0.2, 0.25) is 0 Å². The van der Waals surface area contributed by atoms with Crippen LogP contribution in [0.4, 0.5) is 0 Å². The van der Waals surface area contributed by atoms with Crippen LogP contribution in [-0.2, 0) is 117 Å². The van der Waals surface area contributed by atoms with E-state index >= 15 is 0 Å². The number of carboxylic acids is 1. The summed E-state index contributed by atoms with van der Waals surface area (Å²) < 4.78 is -1.48. The first-order valence-electron chi connectivity index (χ1n) is 42.6. The quantitative estimate of drug-likeness (QED) is 0.00845. The summed E-state index contributed by atoms with van der Waals surface area (Å²) in [5, 5.41) is 65.5. The molecule has 3 aromatic carbocycles. The monoisotopic (exact) mass is 1880 g/mol. The molecular weight excluding hydrogens is 1760 g/mol. The largest absolute Gasteiger partial charge is 0.508 e. The SMILES string of the molecule is CC(C)C[C@@H](NC(=O)CNC(=O)CNC(=O)[C@@H](Cc1ccccc1)NC(=O)[C@H](Cc1cnc[nH]1)NC(=O)CNC(=O)[C@@H](NC(=O)[C@H](NC(=O)[C@H](Cc1ccccc1)NC(=O)[C@H](CCCN=C(N)N)NC(=O)[C@@H](N)CCC(N)=O)C(C)(C)S)[C@@H](C)O)C(=O)N[C@@H](Cc1ccc(O)cc1)C(=O)N1CCC[C@H]1C(=O)N[C@H](CS)C(=O)N[C@@H](CC(N)=O)C(=O)NCC(=O)N1CCC[C@H]1C(=O)O. The molecule has 0 saturated carbocycles. The van der Waals surface area contributed by atoms with Crippen molar-refractivity contribution in [2.45, 2.75) is 214 Å². The number of aromatic nitrogens is 2. The summed E-state index contributed by atoms with van der Waals surface area (Å²) in [4.78, 5) is 272. The molecule has 28 N–H and O–H groups in total. The first kappa shape index (κ1) is 107. The Kier molecular flexibility index (Phi) is 43.0. The van der Waals surface area contributed by atoms with Crippen molar-refractivity contribution >= 4 is 144 Å². The van der Waals surface area contributed by atoms with E-state index in [4.69, 9.17) is 28.7 Å². The number of aliphatic carboxylic acids is 1. The van der Waals surface area contributed by atoms with Gasteiger partial charge in [0, 0.05) is 74.1 Å². The fourth-order valence-electron chi connectivity index (χ4n) is 14.1. The van der Waals surface area contributed by atoms with Crippen LogP contribution in [0.3, 0.4) is 0 Å². The van der Waals surface area contributed by atoms with E-state index in [1.54, 1.807) is 74.5 Å². The highest BCUT2D eigenvalue weighted by Gasteiger charge is 2.44. The van der Waals surface area contributed by atoms with Crippen LogP contribution < -0.4 is 103 Å². The number of phenols is 1. The number of nitrogens with one attached hydrogen (secondary N) is 15. The smallest absolute Gasteiger partial charge is 0.326 e. The van der Waals surface area contributed by atoms with E-state index in [1.165, 1.54) is 55.5 Å². The number of nitrogens with zero attached hydrogens (tertiary/aromatic N) is 4. The lowest BCUT2D eigenvalue weighted by atomic mass is 9.99. The highest BCUT2D eigenvalue weighted by molar-refractivity contribution is 7.81. The fraction of sp³-hybridized carbons (Fsp3) is 0.512. The van der Waals surface area contributed by atoms with Gasteiger partial charge in [-0.25, -0.2) is 9.78 Å². The number of aromatic amines is 1. The van der Waals surface area contributed by atoms with Gasteiger partial charge in [0.25, 0.3) is 0 Å². The molecule has 132 heavy (non-hydrogen) atoms. The van der Waals surface area contributed by atoms with Crippen molar-refractivity contribution in [3.63, 3.8) is 0 Å². The van der Waals surface area contributed by atoms with E-state index in [0.717, 1.165) is 11.8 Å². The summed E-state index contributed by atoms with van der Waals surface area (Å²) in [5.74, 6) is -19.0. The number of imidazole rings is 1. The van der Waals surface area contributed by atoms with Gasteiger partial charge in [0.1, 0.15) is 78.3 Å². The van der Waals surface area contributed by atoms with E-state index in [1.807, 2.05) is 0 Å². The number of hydrogen-bond donors (Lipinski definition) is 25. The third-order valence-electron chi connectivity index (χ3n) is 21.0. The number of rotatable bonds is 53. The minimum absolute atomic E-state index is 0.0290. The molecule has 0 bridgehead atoms. The molecule has 46 nitrogen and oxygen atoms in total. The molecule has 2 aliphatic rings. The summed E-state index contributed by atoms with van der Waals surface area (Å²) in [6.45, 7) is 4.44. The summed E-state index contributed by atoms with van der Waals surface area (Å²) in [5.41, 5.74) is 29.4. The molecule has 48 heteroatoms. The lowest BCUT2D eigenvalue weighted by Gasteiger charge is -2.33. The minimum Gasteiger partial charge on any atom is -0.508 e. The van der Waals surface area contributed by atoms with Gasteiger partial charge in [-0.3, -0.25) is 91.3 Å². The van der Waals surface area contributed by atoms with E-state index < -0.39 is 234 Å². The molecule has 6 rings (SSSR count). The molecule has 2 aliphatic heterocycles. The number of carbonyl (C=O) groups is 19. The Bertz CT molecular complexity index is 4720. The summed E-state index contributed by atoms with van der Waals surface area (Å²) >= 11 is 8.82. The number of amides is 18. The molecular formula is C84H120N24O22S2. The zero-order chi connectivity index (χ0) is 97.6. The van der Waals surface area contributed by atoms with Crippen LogP contribution in [0.1, 0.15) is 121 Å². The molecule has 3 heterocycles. The number of carboxylic acid groups (broad SMARTS) is 1. The van der Waals surface area contributed by atoms with Crippen LogP contribution >= 0.6 is 25.3 Å². The van der Waals surface area contributed by atoms with Gasteiger partial charge >= 0.3 is 5.97 Å². The maximum absolute atomic E-state index is 14.8. The Morgan fingerprint density at radius 3 is 1.58 bits per heavy atom. The van der Waals surface area contributed by atoms with E-state index in [2.05, 4.69) is 115 Å². The van der Waals surface area contributed by atoms with E-state index in [9.17, 15) is 106 Å². The second-order valence-corrected chi connectivity index (χ2v) is 34.2. The van der Waals surface area contributed by atoms with Crippen LogP contribution in [-0.4, -0.2) is 294 Å². The number of thiol groups is 2. The van der Waals surface area contributed by atoms with Crippen LogP contribution in [0.15, 0.2) is 102 Å². The van der Waals surface area contributed by atoms with Crippen LogP contribution in [0, 0.1) is 5.92 Å². The number of aliphatic hydroxyl groups is 1. The molecule has 0 spiro atoms. The van der Waals surface area contributed by atoms with Gasteiger partial charge in [0.2, 0.25) is 106 Å². The predicted octanol–water partition coefficient (Wildman–Crippen LogP) is -7.65. The fourth-order valence-corrected chi connectivity index (χ4v) is 14.6. The number of aliphatic imine (C=N–C) groups is 1. The summed E-state index contributed by atoms with van der Waals surface area (Å²) in [7, 11) is 0. The van der Waals surface area contributed by atoms with Gasteiger partial charge in [-0.15, -0.1) is 0 Å². The highest BCUT2D eigenvalue weighted by atomic mass is 32.1. The molecule has 0 radical (unpaired) electrons. The van der Waals surface area contributed by atoms with E-state index in [-0.39, 0.29) is 120 Å². The number of likely N-dealkylation sites (tertiary alicyclic amines) is 2. The van der Waals surface area contributed by atoms with Crippen molar-refractivity contribution in [2.24, 2.45) is 39.6 Å². The first-order chi connectivity index (χ1) is 62.4. The van der Waals surface area contributed by atoms with Crippen LogP contribution in [0.25, 0.3) is 0 Å². The Hall–Kier alpha value is -13.5. The standard InChI is InChI=1S/C84H120N24O22S2/c1-44(2)31-53(74(121)103-58(34-48-22-24-50(110)25-23-48)81(128)108-30-13-20-60(108)78(125)104-59(42-131)77(124)102-57(36-63(87)112)72(119)95-41-67(116)107-29-14-21-61(107)82(129)130)97-65(114)39-92-64(113)38-93-71(118)54(32-46-15-8-6-9-16-46)100-75(122)56(35-49-37-90-43-96-49)98-66(115)40-94-79(126)68(45(3)109)105-80(127)69(84(4,5)132)106-76(123)55(33-47-17-10-7-11-18-47)101-73(120)52(19-12-28-91-83(88)89)99-70(117)51(85)26-27-62(86)111/h6-11,15-18,22-25,37,43-45,51-61,68-69,109-110,131-132H,12-14,19-21,26-36,38-42,85H2,1-5H3,(H2,86,111)(H2,87,112)(H,90,96)(H,92,113)(H,93,118)(H,94,126)(H,95,119)(H,97,114)(H,98,115)(H,99,117)(H,100,122)(H,101,120)(H,102,124)(H,103,121)(H,104,125)(H,105,127)(H,106,123)(H,129,130)(H4,88,89,91)/t45-,51+,52+,53-,54-,55+,56+,57+,58+,59-,60+,61+,68+,69+/m1/s1. The number of H-pyrrole nitrogens is 1. The van der Waals surface area contributed by atoms with Gasteiger partial charge in [0.15, 0.2) is 5.96 Å². The average molecular weight is 1880 g/mol. The summed E-state index contributed by atoms with van der Waals surface area (Å²) in [6, 6.07) is 3.20. The van der Waals surface area contributed by atoms with Crippen molar-refractivity contribution in [2.75, 3.05) is 51.6 Å². The Morgan fingerprint density at radius 2 is 1.02 bits per heavy atom. The zero-order valence-electron chi connectivity index (χ0n) is 73.6. The Morgan fingerprint density at radius 1 is 0.523 bits per heavy atom. The maximum Gasteiger partial charge on any atom is 0.326 e. The molecule has 1 aromatic heterocycles. The number of guanidine groups is 1. The molecule has 2 saturated heterocycles. The normalized spacial score (nSPS) is 16.2. The topological polar surface area (TPSA) is 731 Å². The van der Waals surface area contributed by atoms with Crippen molar-refractivity contribution in [1.82, 2.24) is 94.2 Å². The number of nitrogens with two attached hydrogens (primary N) is 5. The first-order valence-corrected chi connectivity index (χ1v) is 43.7. The second kappa shape index (κ2) is 53.0. The number of phenolic OH excluding ortho intramolecular Hbond substituents is 1. The van der Waals surface area contributed by atoms with Gasteiger partial charge < -0.3 is 133 Å². The highest BCUT2D eigenvalue weighted by Crippen LogP contribution is 2.24. The lowest BCUT2D eigenvalue weighted by Crippen LogP contribution is -2.64. The van der Waals surface area contributed by atoms with Gasteiger partial charge in [-0.2, -0.15) is 25.3 Å². The third kappa shape index (κ3) is 36.1. The van der Waals surface area contributed by atoms with Crippen molar-refractivity contribution in [3.05, 3.63) is 120 Å². The molecule has 14 atom stereocenters. The number of hydrogen-bond acceptors (Lipinski definition) is 26. The second-order valence-electron chi connectivity index (χ2n) is 32.7. The van der Waals surface area contributed by atoms with Crippen molar-refractivity contribution in [1.29, 1.82) is 0 Å². The third-order valence-corrected chi connectivity index (χ3v) is 21.6. The van der Waals surface area contributed by atoms with Gasteiger partial charge in [-0.1, -0.05) is 86.6 Å². The zero-order valence-corrected chi connectivity index (χ0v) is 75.4. The number of carbonyl (C=O) groups excluding carboxylic acids is 18. The average Bonchev–Trinajstić information content (AvgIpc) is 1.70. The van der Waals surface area contributed by atoms with Crippen molar-refractivity contribution in [3.8, 4) is 5.75 Å². The Labute approximate surface area is 771 Å². The molecule has 2 fully saturated rings. The van der Waals surface area contributed by atoms with Gasteiger partial charge in [-0.05, 0) is 107 Å². The number of primary amides is 2. The molecule has 0 aliphatic carbocycles. The predicted molar refractivity (Wildman–Crippen MR) is 481 cm³/mol. The van der Waals surface area contributed by atoms with Crippen LogP contribution in [0.5, 0.6) is 5.75 Å².